The van der Waals surface area contributed by atoms with Gasteiger partial charge in [0, 0.05) is 6.54 Å². The lowest BCUT2D eigenvalue weighted by Gasteiger charge is -2.14. The average Bonchev–Trinajstić information content (AvgIpc) is 2.53. The Balaban J connectivity index is 1.94. The number of esters is 1. The number of ether oxygens (including phenoxy) is 1. The summed E-state index contributed by atoms with van der Waals surface area (Å²) in [6.07, 6.45) is -1.07. The quantitative estimate of drug-likeness (QED) is 0.853. The van der Waals surface area contributed by atoms with E-state index in [9.17, 15) is 14.0 Å². The highest BCUT2D eigenvalue weighted by molar-refractivity contribution is 6.33. The molecule has 1 unspecified atom stereocenters. The maximum Gasteiger partial charge on any atom is 0.343 e. The number of carbonyl (C=O) groups excluding carboxylic acids is 2. The van der Waals surface area contributed by atoms with Crippen LogP contribution in [0.5, 0.6) is 0 Å². The Labute approximate surface area is 138 Å². The Hall–Kier alpha value is -2.40. The van der Waals surface area contributed by atoms with Gasteiger partial charge in [-0.1, -0.05) is 48.0 Å². The molecule has 0 saturated heterocycles. The van der Waals surface area contributed by atoms with Crippen molar-refractivity contribution in [3.63, 3.8) is 0 Å². The zero-order chi connectivity index (χ0) is 16.8. The van der Waals surface area contributed by atoms with Crippen LogP contribution in [0.4, 0.5) is 4.39 Å². The minimum Gasteiger partial charge on any atom is -0.449 e. The molecular formula is C17H15ClFNO3. The van der Waals surface area contributed by atoms with Gasteiger partial charge in [-0.15, -0.1) is 0 Å². The van der Waals surface area contributed by atoms with Gasteiger partial charge in [-0.25, -0.2) is 9.18 Å². The number of carbonyl (C=O) groups is 2. The number of rotatable bonds is 5. The Bertz CT molecular complexity index is 686. The molecule has 0 heterocycles. The second-order valence-electron chi connectivity index (χ2n) is 4.85. The van der Waals surface area contributed by atoms with Crippen LogP contribution in [-0.4, -0.2) is 18.0 Å². The summed E-state index contributed by atoms with van der Waals surface area (Å²) in [5.74, 6) is -2.25. The molecule has 0 saturated carbocycles. The molecule has 6 heteroatoms. The highest BCUT2D eigenvalue weighted by Crippen LogP contribution is 2.20. The summed E-state index contributed by atoms with van der Waals surface area (Å²) in [6.45, 7) is 1.72. The molecule has 0 radical (unpaired) electrons. The van der Waals surface area contributed by atoms with Crippen LogP contribution in [0, 0.1) is 5.82 Å². The number of nitrogens with one attached hydrogen (secondary N) is 1. The molecule has 0 bridgehead atoms. The first-order valence-electron chi connectivity index (χ1n) is 6.95. The zero-order valence-corrected chi connectivity index (χ0v) is 13.1. The lowest BCUT2D eigenvalue weighted by Crippen LogP contribution is -2.35. The van der Waals surface area contributed by atoms with Crippen LogP contribution in [0.25, 0.3) is 0 Å². The van der Waals surface area contributed by atoms with Gasteiger partial charge in [-0.3, -0.25) is 4.79 Å². The average molecular weight is 336 g/mol. The molecule has 1 N–H and O–H groups in total. The van der Waals surface area contributed by atoms with Gasteiger partial charge in [0.25, 0.3) is 5.91 Å². The maximum absolute atomic E-state index is 13.6. The number of halogens is 2. The van der Waals surface area contributed by atoms with Crippen LogP contribution >= 0.6 is 11.6 Å². The molecule has 0 aliphatic heterocycles. The first kappa shape index (κ1) is 17.0. The van der Waals surface area contributed by atoms with Crippen LogP contribution < -0.4 is 5.32 Å². The minimum atomic E-state index is -1.07. The number of hydrogen-bond donors (Lipinski definition) is 1. The third-order valence-electron chi connectivity index (χ3n) is 3.13. The fraction of sp³-hybridized carbons (Fsp3) is 0.176. The molecule has 1 atom stereocenters. The minimum absolute atomic E-state index is 0.0631. The van der Waals surface area contributed by atoms with Crippen LogP contribution in [-0.2, 0) is 16.1 Å². The normalized spacial score (nSPS) is 11.6. The van der Waals surface area contributed by atoms with E-state index in [0.29, 0.717) is 6.54 Å². The van der Waals surface area contributed by atoms with Crippen LogP contribution in [0.3, 0.4) is 0 Å². The molecule has 2 aromatic carbocycles. The van der Waals surface area contributed by atoms with Crippen molar-refractivity contribution in [3.05, 3.63) is 70.5 Å². The summed E-state index contributed by atoms with van der Waals surface area (Å²) in [4.78, 5) is 23.9. The molecule has 2 aromatic rings. The van der Waals surface area contributed by atoms with Gasteiger partial charge in [0.15, 0.2) is 6.10 Å². The van der Waals surface area contributed by atoms with Crippen molar-refractivity contribution in [3.8, 4) is 0 Å². The van der Waals surface area contributed by atoms with Crippen molar-refractivity contribution in [2.75, 3.05) is 0 Å². The van der Waals surface area contributed by atoms with Crippen molar-refractivity contribution in [2.45, 2.75) is 19.6 Å². The maximum atomic E-state index is 13.6. The number of amides is 1. The van der Waals surface area contributed by atoms with Crippen molar-refractivity contribution in [2.24, 2.45) is 0 Å². The standard InChI is InChI=1S/C17H15ClFNO3/c1-11(16(21)20-10-12-6-3-2-4-7-12)23-17(22)15-13(18)8-5-9-14(15)19/h2-9,11H,10H2,1H3,(H,20,21). The third kappa shape index (κ3) is 4.53. The van der Waals surface area contributed by atoms with Crippen molar-refractivity contribution >= 4 is 23.5 Å². The largest absolute Gasteiger partial charge is 0.449 e. The molecule has 4 nitrogen and oxygen atoms in total. The Kier molecular flexibility index (Phi) is 5.71. The fourth-order valence-corrected chi connectivity index (χ4v) is 2.13. The third-order valence-corrected chi connectivity index (χ3v) is 3.44. The van der Waals surface area contributed by atoms with Gasteiger partial charge in [0.2, 0.25) is 0 Å². The van der Waals surface area contributed by atoms with Crippen LogP contribution in [0.15, 0.2) is 48.5 Å². The van der Waals surface area contributed by atoms with E-state index in [2.05, 4.69) is 5.32 Å². The van der Waals surface area contributed by atoms with Gasteiger partial charge in [0.1, 0.15) is 11.4 Å². The molecule has 0 spiro atoms. The Morgan fingerprint density at radius 1 is 1.17 bits per heavy atom. The molecule has 2 rings (SSSR count). The number of hydrogen-bond acceptors (Lipinski definition) is 3. The number of benzene rings is 2. The van der Waals surface area contributed by atoms with Crippen molar-refractivity contribution < 1.29 is 18.7 Å². The monoisotopic (exact) mass is 335 g/mol. The SMILES string of the molecule is CC(OC(=O)c1c(F)cccc1Cl)C(=O)NCc1ccccc1. The second kappa shape index (κ2) is 7.74. The molecular weight excluding hydrogens is 321 g/mol. The van der Waals surface area contributed by atoms with Crippen LogP contribution in [0.1, 0.15) is 22.8 Å². The lowest BCUT2D eigenvalue weighted by atomic mass is 10.2. The Morgan fingerprint density at radius 2 is 1.87 bits per heavy atom. The first-order chi connectivity index (χ1) is 11.0. The highest BCUT2D eigenvalue weighted by atomic mass is 35.5. The van der Waals surface area contributed by atoms with E-state index in [1.165, 1.54) is 19.1 Å². The smallest absolute Gasteiger partial charge is 0.343 e. The Morgan fingerprint density at radius 3 is 2.52 bits per heavy atom. The van der Waals surface area contributed by atoms with E-state index in [4.69, 9.17) is 16.3 Å². The van der Waals surface area contributed by atoms with E-state index in [-0.39, 0.29) is 10.6 Å². The molecule has 0 aliphatic carbocycles. The van der Waals surface area contributed by atoms with E-state index in [1.807, 2.05) is 30.3 Å². The summed E-state index contributed by atoms with van der Waals surface area (Å²) in [7, 11) is 0. The highest BCUT2D eigenvalue weighted by Gasteiger charge is 2.23. The van der Waals surface area contributed by atoms with Crippen LogP contribution in [0.2, 0.25) is 5.02 Å². The topological polar surface area (TPSA) is 55.4 Å². The fourth-order valence-electron chi connectivity index (χ4n) is 1.89. The van der Waals surface area contributed by atoms with Crippen molar-refractivity contribution in [1.29, 1.82) is 0 Å². The van der Waals surface area contributed by atoms with E-state index in [1.54, 1.807) is 0 Å². The summed E-state index contributed by atoms with van der Waals surface area (Å²) < 4.78 is 18.6. The molecule has 120 valence electrons. The molecule has 1 amide bonds. The molecule has 0 aromatic heterocycles. The van der Waals surface area contributed by atoms with Gasteiger partial charge in [-0.05, 0) is 24.6 Å². The van der Waals surface area contributed by atoms with E-state index in [0.717, 1.165) is 11.6 Å². The molecule has 23 heavy (non-hydrogen) atoms. The molecule has 0 aliphatic rings. The van der Waals surface area contributed by atoms with Gasteiger partial charge in [0.05, 0.1) is 5.02 Å². The first-order valence-corrected chi connectivity index (χ1v) is 7.33. The summed E-state index contributed by atoms with van der Waals surface area (Å²) in [6, 6.07) is 13.1. The second-order valence-corrected chi connectivity index (χ2v) is 5.25. The lowest BCUT2D eigenvalue weighted by molar-refractivity contribution is -0.129. The summed E-state index contributed by atoms with van der Waals surface area (Å²) in [5, 5.41) is 2.58. The predicted molar refractivity (Wildman–Crippen MR) is 84.6 cm³/mol. The van der Waals surface area contributed by atoms with Gasteiger partial charge in [-0.2, -0.15) is 0 Å². The van der Waals surface area contributed by atoms with Gasteiger partial charge < -0.3 is 10.1 Å². The predicted octanol–water partition coefficient (Wildman–Crippen LogP) is 3.34. The summed E-state index contributed by atoms with van der Waals surface area (Å²) in [5.41, 5.74) is 0.536. The zero-order valence-electron chi connectivity index (χ0n) is 12.4. The summed E-state index contributed by atoms with van der Waals surface area (Å²) >= 11 is 5.79. The van der Waals surface area contributed by atoms with Crippen molar-refractivity contribution in [1.82, 2.24) is 5.32 Å². The van der Waals surface area contributed by atoms with E-state index >= 15 is 0 Å². The molecule has 0 fully saturated rings. The van der Waals surface area contributed by atoms with E-state index < -0.39 is 23.8 Å². The van der Waals surface area contributed by atoms with Gasteiger partial charge >= 0.3 is 5.97 Å².